The second-order valence-corrected chi connectivity index (χ2v) is 5.85. The molecule has 0 saturated carbocycles. The van der Waals surface area contributed by atoms with Gasteiger partial charge in [0.2, 0.25) is 5.79 Å². The largest absolute Gasteiger partial charge is 0.433 e. The molecule has 0 fully saturated rings. The quantitative estimate of drug-likeness (QED) is 0.625. The maximum atomic E-state index is 12.6. The number of aromatic nitrogens is 1. The predicted octanol–water partition coefficient (Wildman–Crippen LogP) is 3.44. The molecule has 11 heteroatoms. The van der Waals surface area contributed by atoms with E-state index in [0.717, 1.165) is 12.3 Å². The number of pyridine rings is 1. The molecule has 1 atom stereocenters. The third-order valence-electron chi connectivity index (χ3n) is 3.42. The molecule has 0 aliphatic carbocycles. The molecule has 2 aromatic rings. The summed E-state index contributed by atoms with van der Waals surface area (Å²) in [5.74, 6) is -1.23. The molecule has 0 amide bonds. The Balaban J connectivity index is 0.00000225. The van der Waals surface area contributed by atoms with E-state index < -0.39 is 17.7 Å². The van der Waals surface area contributed by atoms with Gasteiger partial charge in [-0.15, -0.1) is 0 Å². The lowest BCUT2D eigenvalue weighted by Crippen LogP contribution is -2.49. The normalized spacial score (nSPS) is 19.4. The maximum absolute atomic E-state index is 12.6. The third-order valence-corrected chi connectivity index (χ3v) is 4.02. The standard InChI is InChI=1S/C14H10Cl2F3N5.H3N/c15-9-3-8(14(20)22-6-23-24-14)4-10(16)12(9)7-1-2-11(21-5-7)13(17,18)19;/h1-6,24H,20H2,(H,22,23);1H3. The Bertz CT molecular complexity index is 786. The number of rotatable bonds is 2. The van der Waals surface area contributed by atoms with Crippen molar-refractivity contribution in [3.05, 3.63) is 51.8 Å². The lowest BCUT2D eigenvalue weighted by Gasteiger charge is -2.22. The summed E-state index contributed by atoms with van der Waals surface area (Å²) in [5, 5.41) is 0.431. The van der Waals surface area contributed by atoms with E-state index in [2.05, 4.69) is 20.8 Å². The molecule has 0 bridgehead atoms. The SMILES string of the molecule is N.NC1(c2cc(Cl)c(-c3ccc(C(F)(F)F)nc3)c(Cl)c2)N=CNN1. The Labute approximate surface area is 150 Å². The number of hydrazine groups is 1. The fraction of sp³-hybridized carbons (Fsp3) is 0.143. The second-order valence-electron chi connectivity index (χ2n) is 5.04. The lowest BCUT2D eigenvalue weighted by atomic mass is 10.0. The van der Waals surface area contributed by atoms with Crippen molar-refractivity contribution >= 4 is 29.5 Å². The zero-order chi connectivity index (χ0) is 17.5. The molecule has 25 heavy (non-hydrogen) atoms. The van der Waals surface area contributed by atoms with Crippen LogP contribution in [0.4, 0.5) is 13.2 Å². The molecule has 1 aliphatic heterocycles. The molecule has 1 aromatic heterocycles. The van der Waals surface area contributed by atoms with Crippen molar-refractivity contribution in [2.24, 2.45) is 10.7 Å². The second kappa shape index (κ2) is 6.77. The van der Waals surface area contributed by atoms with Gasteiger partial charge >= 0.3 is 6.18 Å². The number of halogens is 5. The summed E-state index contributed by atoms with van der Waals surface area (Å²) < 4.78 is 37.8. The van der Waals surface area contributed by atoms with Gasteiger partial charge in [-0.1, -0.05) is 29.3 Å². The molecular formula is C14H13Cl2F3N6. The van der Waals surface area contributed by atoms with Crippen LogP contribution >= 0.6 is 23.2 Å². The number of benzene rings is 1. The van der Waals surface area contributed by atoms with E-state index >= 15 is 0 Å². The Morgan fingerprint density at radius 2 is 1.76 bits per heavy atom. The highest BCUT2D eigenvalue weighted by Crippen LogP contribution is 2.38. The van der Waals surface area contributed by atoms with E-state index in [0.29, 0.717) is 16.7 Å². The van der Waals surface area contributed by atoms with Crippen molar-refractivity contribution in [2.75, 3.05) is 0 Å². The topological polar surface area (TPSA) is 110 Å². The molecule has 3 rings (SSSR count). The highest BCUT2D eigenvalue weighted by molar-refractivity contribution is 6.39. The Morgan fingerprint density at radius 3 is 2.20 bits per heavy atom. The van der Waals surface area contributed by atoms with Crippen molar-refractivity contribution < 1.29 is 13.2 Å². The van der Waals surface area contributed by atoms with Crippen molar-refractivity contribution in [3.63, 3.8) is 0 Å². The minimum absolute atomic E-state index is 0. The third kappa shape index (κ3) is 3.70. The summed E-state index contributed by atoms with van der Waals surface area (Å²) in [6.45, 7) is 0. The fourth-order valence-electron chi connectivity index (χ4n) is 2.23. The van der Waals surface area contributed by atoms with Crippen LogP contribution < -0.4 is 22.7 Å². The van der Waals surface area contributed by atoms with Crippen LogP contribution in [0.15, 0.2) is 35.5 Å². The number of nitrogens with two attached hydrogens (primary N) is 1. The van der Waals surface area contributed by atoms with Crippen molar-refractivity contribution in [1.82, 2.24) is 22.0 Å². The van der Waals surface area contributed by atoms with Crippen LogP contribution in [0.5, 0.6) is 0 Å². The summed E-state index contributed by atoms with van der Waals surface area (Å²) in [6, 6.07) is 5.21. The van der Waals surface area contributed by atoms with Crippen LogP contribution in [-0.4, -0.2) is 11.3 Å². The van der Waals surface area contributed by atoms with Gasteiger partial charge in [-0.25, -0.2) is 4.99 Å². The van der Waals surface area contributed by atoms with Gasteiger partial charge < -0.3 is 11.6 Å². The molecule has 0 radical (unpaired) electrons. The zero-order valence-corrected chi connectivity index (χ0v) is 14.0. The molecule has 0 saturated heterocycles. The summed E-state index contributed by atoms with van der Waals surface area (Å²) >= 11 is 12.5. The van der Waals surface area contributed by atoms with Gasteiger partial charge in [0.25, 0.3) is 0 Å². The van der Waals surface area contributed by atoms with Gasteiger partial charge in [0.05, 0.1) is 10.0 Å². The van der Waals surface area contributed by atoms with Gasteiger partial charge in [0.15, 0.2) is 0 Å². The number of alkyl halides is 3. The number of nitrogens with one attached hydrogen (secondary N) is 2. The van der Waals surface area contributed by atoms with Crippen molar-refractivity contribution in [1.29, 1.82) is 0 Å². The molecule has 1 unspecified atom stereocenters. The highest BCUT2D eigenvalue weighted by atomic mass is 35.5. The summed E-state index contributed by atoms with van der Waals surface area (Å²) in [6.07, 6.45) is -2.06. The molecule has 7 N–H and O–H groups in total. The first-order chi connectivity index (χ1) is 11.2. The molecule has 6 nitrogen and oxygen atoms in total. The van der Waals surface area contributed by atoms with Crippen molar-refractivity contribution in [2.45, 2.75) is 12.0 Å². The van der Waals surface area contributed by atoms with Crippen molar-refractivity contribution in [3.8, 4) is 11.1 Å². The van der Waals surface area contributed by atoms with E-state index in [1.54, 1.807) is 0 Å². The van der Waals surface area contributed by atoms with Crippen LogP contribution in [0.3, 0.4) is 0 Å². The summed E-state index contributed by atoms with van der Waals surface area (Å²) in [7, 11) is 0. The number of nitrogens with zero attached hydrogens (tertiary/aromatic N) is 2. The van der Waals surface area contributed by atoms with Gasteiger partial charge in [0, 0.05) is 22.9 Å². The first kappa shape index (κ1) is 19.4. The van der Waals surface area contributed by atoms with E-state index in [-0.39, 0.29) is 16.2 Å². The average Bonchev–Trinajstić information content (AvgIpc) is 2.94. The Hall–Kier alpha value is -1.91. The predicted molar refractivity (Wildman–Crippen MR) is 90.3 cm³/mol. The van der Waals surface area contributed by atoms with Gasteiger partial charge in [-0.05, 0) is 18.2 Å². The van der Waals surface area contributed by atoms with Crippen LogP contribution in [0.2, 0.25) is 10.0 Å². The maximum Gasteiger partial charge on any atom is 0.433 e. The smallest absolute Gasteiger partial charge is 0.344 e. The minimum atomic E-state index is -4.51. The number of hydrogen-bond donors (Lipinski definition) is 4. The first-order valence-electron chi connectivity index (χ1n) is 6.59. The molecule has 1 aromatic carbocycles. The molecular weight excluding hydrogens is 380 g/mol. The van der Waals surface area contributed by atoms with Crippen LogP contribution in [-0.2, 0) is 12.0 Å². The van der Waals surface area contributed by atoms with E-state index in [1.807, 2.05) is 0 Å². The molecule has 0 spiro atoms. The van der Waals surface area contributed by atoms with E-state index in [9.17, 15) is 13.2 Å². The van der Waals surface area contributed by atoms with Gasteiger partial charge in [-0.2, -0.15) is 18.6 Å². The highest BCUT2D eigenvalue weighted by Gasteiger charge is 2.33. The van der Waals surface area contributed by atoms with E-state index in [1.165, 1.54) is 24.5 Å². The van der Waals surface area contributed by atoms with Gasteiger partial charge in [-0.3, -0.25) is 10.7 Å². The van der Waals surface area contributed by atoms with Crippen LogP contribution in [0.1, 0.15) is 11.3 Å². The molecule has 1 aliphatic rings. The number of hydrogen-bond acceptors (Lipinski definition) is 6. The first-order valence-corrected chi connectivity index (χ1v) is 7.35. The van der Waals surface area contributed by atoms with E-state index in [4.69, 9.17) is 28.9 Å². The Kier molecular flexibility index (Phi) is 5.26. The molecule has 134 valence electrons. The molecule has 2 heterocycles. The van der Waals surface area contributed by atoms with Crippen LogP contribution in [0, 0.1) is 0 Å². The summed E-state index contributed by atoms with van der Waals surface area (Å²) in [5.41, 5.74) is 11.6. The Morgan fingerprint density at radius 1 is 1.12 bits per heavy atom. The summed E-state index contributed by atoms with van der Waals surface area (Å²) in [4.78, 5) is 7.45. The lowest BCUT2D eigenvalue weighted by molar-refractivity contribution is -0.141. The average molecular weight is 393 g/mol. The van der Waals surface area contributed by atoms with Gasteiger partial charge in [0.1, 0.15) is 12.0 Å². The monoisotopic (exact) mass is 392 g/mol. The zero-order valence-electron chi connectivity index (χ0n) is 12.5. The minimum Gasteiger partial charge on any atom is -0.344 e. The number of aliphatic imine (C=N–C) groups is 1. The fourth-order valence-corrected chi connectivity index (χ4v) is 2.94. The van der Waals surface area contributed by atoms with Crippen LogP contribution in [0.25, 0.3) is 11.1 Å².